The van der Waals surface area contributed by atoms with Crippen molar-refractivity contribution >= 4 is 24.1 Å². The highest BCUT2D eigenvalue weighted by Gasteiger charge is 2.26. The van der Waals surface area contributed by atoms with Gasteiger partial charge in [0, 0.05) is 31.5 Å². The molecule has 0 amide bonds. The number of ether oxygens (including phenoxy) is 1. The van der Waals surface area contributed by atoms with Gasteiger partial charge in [-0.2, -0.15) is 10.5 Å². The molecule has 6 nitrogen and oxygen atoms in total. The second-order valence-corrected chi connectivity index (χ2v) is 5.90. The van der Waals surface area contributed by atoms with Gasteiger partial charge in [-0.15, -0.1) is 12.6 Å². The molecule has 1 aromatic carbocycles. The van der Waals surface area contributed by atoms with Crippen molar-refractivity contribution in [2.45, 2.75) is 11.1 Å². The second kappa shape index (κ2) is 6.40. The first-order valence-electron chi connectivity index (χ1n) is 7.29. The molecule has 2 heterocycles. The summed E-state index contributed by atoms with van der Waals surface area (Å²) in [4.78, 5) is 6.16. The van der Waals surface area contributed by atoms with Crippen LogP contribution in [0.5, 0.6) is 0 Å². The van der Waals surface area contributed by atoms with E-state index >= 15 is 0 Å². The minimum absolute atomic E-state index is 0.0752. The Bertz CT molecular complexity index is 822. The fourth-order valence-electron chi connectivity index (χ4n) is 2.74. The molecule has 0 spiro atoms. The number of hydrogen-bond donors (Lipinski definition) is 2. The van der Waals surface area contributed by atoms with Crippen LogP contribution in [0.2, 0.25) is 0 Å². The van der Waals surface area contributed by atoms with E-state index < -0.39 is 0 Å². The number of aromatic nitrogens is 1. The zero-order valence-corrected chi connectivity index (χ0v) is 13.9. The van der Waals surface area contributed by atoms with Crippen LogP contribution in [0.25, 0.3) is 11.1 Å². The average Bonchev–Trinajstić information content (AvgIpc) is 2.54. The van der Waals surface area contributed by atoms with Crippen LogP contribution < -0.4 is 10.6 Å². The highest BCUT2D eigenvalue weighted by Crippen LogP contribution is 2.34. The summed E-state index contributed by atoms with van der Waals surface area (Å²) in [6, 6.07) is 11.8. The number of anilines is 2. The van der Waals surface area contributed by atoms with Crippen LogP contribution in [0, 0.1) is 22.7 Å². The van der Waals surface area contributed by atoms with Crippen LogP contribution in [0.3, 0.4) is 0 Å². The molecule has 3 rings (SSSR count). The zero-order valence-electron chi connectivity index (χ0n) is 13.0. The number of rotatable bonds is 3. The van der Waals surface area contributed by atoms with Crippen LogP contribution >= 0.6 is 12.6 Å². The van der Waals surface area contributed by atoms with Gasteiger partial charge >= 0.3 is 0 Å². The molecule has 1 aliphatic heterocycles. The van der Waals surface area contributed by atoms with Crippen molar-refractivity contribution in [2.24, 2.45) is 0 Å². The zero-order chi connectivity index (χ0) is 17.3. The molecule has 2 aromatic rings. The van der Waals surface area contributed by atoms with Gasteiger partial charge in [0.1, 0.15) is 28.5 Å². The number of nitrogens with two attached hydrogens (primary N) is 1. The first kappa shape index (κ1) is 16.1. The molecule has 24 heavy (non-hydrogen) atoms. The van der Waals surface area contributed by atoms with E-state index in [0.29, 0.717) is 5.56 Å². The van der Waals surface area contributed by atoms with Crippen LogP contribution in [-0.2, 0) is 4.74 Å². The number of benzene rings is 1. The molecule has 1 aromatic heterocycles. The Morgan fingerprint density at radius 1 is 1.21 bits per heavy atom. The first-order valence-corrected chi connectivity index (χ1v) is 7.74. The molecule has 1 fully saturated rings. The van der Waals surface area contributed by atoms with Crippen molar-refractivity contribution in [1.29, 1.82) is 10.5 Å². The summed E-state index contributed by atoms with van der Waals surface area (Å²) in [6.07, 6.45) is 0.270. The summed E-state index contributed by atoms with van der Waals surface area (Å²) in [5, 5.41) is 19.0. The lowest BCUT2D eigenvalue weighted by molar-refractivity contribution is 0.0788. The number of nitriles is 2. The lowest BCUT2D eigenvalue weighted by atomic mass is 9.96. The van der Waals surface area contributed by atoms with Gasteiger partial charge < -0.3 is 15.4 Å². The molecule has 0 bridgehead atoms. The maximum absolute atomic E-state index is 9.41. The minimum Gasteiger partial charge on any atom is -0.383 e. The molecule has 120 valence electrons. The summed E-state index contributed by atoms with van der Waals surface area (Å²) in [7, 11) is 1.71. The van der Waals surface area contributed by atoms with Gasteiger partial charge in [0.05, 0.1) is 11.7 Å². The van der Waals surface area contributed by atoms with Gasteiger partial charge in [0.2, 0.25) is 0 Å². The van der Waals surface area contributed by atoms with Crippen molar-refractivity contribution in [3.8, 4) is 23.3 Å². The molecule has 7 heteroatoms. The predicted molar refractivity (Wildman–Crippen MR) is 93.8 cm³/mol. The summed E-state index contributed by atoms with van der Waals surface area (Å²) in [5.41, 5.74) is 8.54. The van der Waals surface area contributed by atoms with Crippen molar-refractivity contribution in [3.63, 3.8) is 0 Å². The van der Waals surface area contributed by atoms with Gasteiger partial charge in [-0.1, -0.05) is 12.1 Å². The smallest absolute Gasteiger partial charge is 0.143 e. The van der Waals surface area contributed by atoms with Gasteiger partial charge in [0.25, 0.3) is 0 Å². The number of nitrogens with zero attached hydrogens (tertiary/aromatic N) is 4. The van der Waals surface area contributed by atoms with E-state index in [1.54, 1.807) is 7.11 Å². The van der Waals surface area contributed by atoms with Crippen LogP contribution in [0.15, 0.2) is 29.3 Å². The molecule has 0 aliphatic carbocycles. The van der Waals surface area contributed by atoms with Crippen LogP contribution in [0.1, 0.15) is 11.1 Å². The fourth-order valence-corrected chi connectivity index (χ4v) is 3.01. The summed E-state index contributed by atoms with van der Waals surface area (Å²) in [5.74, 6) is 0.0752. The highest BCUT2D eigenvalue weighted by atomic mass is 32.1. The Labute approximate surface area is 145 Å². The Morgan fingerprint density at radius 2 is 1.83 bits per heavy atom. The predicted octanol–water partition coefficient (Wildman–Crippen LogP) is 2.20. The van der Waals surface area contributed by atoms with Crippen LogP contribution in [0.4, 0.5) is 11.5 Å². The summed E-state index contributed by atoms with van der Waals surface area (Å²) < 4.78 is 5.27. The Kier molecular flexibility index (Phi) is 4.30. The Hall–Kier alpha value is -2.74. The van der Waals surface area contributed by atoms with E-state index in [0.717, 1.165) is 24.3 Å². The van der Waals surface area contributed by atoms with Gasteiger partial charge in [0.15, 0.2) is 0 Å². The minimum atomic E-state index is 0.0752. The number of thiol groups is 1. The van der Waals surface area contributed by atoms with Crippen LogP contribution in [-0.4, -0.2) is 31.3 Å². The quantitative estimate of drug-likeness (QED) is 0.833. The number of methoxy groups -OCH3 is 1. The maximum Gasteiger partial charge on any atom is 0.143 e. The van der Waals surface area contributed by atoms with E-state index in [9.17, 15) is 10.5 Å². The second-order valence-electron chi connectivity index (χ2n) is 5.48. The molecule has 0 saturated carbocycles. The SMILES string of the molecule is COC1CN(c2ccc(-c3c(C#N)c(N)nc(S)c3C#N)cc2)C1. The van der Waals surface area contributed by atoms with E-state index in [1.165, 1.54) is 0 Å². The standard InChI is InChI=1S/C17H15N5OS/c1-23-12-8-22(9-12)11-4-2-10(3-5-11)15-13(6-18)16(20)21-17(24)14(15)7-19/h2-5,12H,8-9H2,1H3,(H3,20,21,24). The third-order valence-corrected chi connectivity index (χ3v) is 4.46. The largest absolute Gasteiger partial charge is 0.383 e. The van der Waals surface area contributed by atoms with E-state index in [-0.39, 0.29) is 28.1 Å². The number of hydrogen-bond acceptors (Lipinski definition) is 7. The third-order valence-electron chi connectivity index (χ3n) is 4.13. The van der Waals surface area contributed by atoms with E-state index in [4.69, 9.17) is 10.5 Å². The summed E-state index contributed by atoms with van der Waals surface area (Å²) >= 11 is 4.21. The number of pyridine rings is 1. The first-order chi connectivity index (χ1) is 11.6. The lowest BCUT2D eigenvalue weighted by Gasteiger charge is -2.40. The van der Waals surface area contributed by atoms with Gasteiger partial charge in [-0.25, -0.2) is 4.98 Å². The molecule has 2 N–H and O–H groups in total. The molecule has 1 saturated heterocycles. The van der Waals surface area contributed by atoms with E-state index in [1.807, 2.05) is 30.3 Å². The van der Waals surface area contributed by atoms with Gasteiger partial charge in [-0.3, -0.25) is 0 Å². The number of nitrogen functional groups attached to an aromatic ring is 1. The maximum atomic E-state index is 9.41. The van der Waals surface area contributed by atoms with Crippen molar-refractivity contribution in [3.05, 3.63) is 35.4 Å². The molecule has 1 aliphatic rings. The normalized spacial score (nSPS) is 13.9. The molecular formula is C17H15N5OS. The monoisotopic (exact) mass is 337 g/mol. The highest BCUT2D eigenvalue weighted by molar-refractivity contribution is 7.80. The van der Waals surface area contributed by atoms with E-state index in [2.05, 4.69) is 28.6 Å². The Morgan fingerprint density at radius 3 is 2.38 bits per heavy atom. The lowest BCUT2D eigenvalue weighted by Crippen LogP contribution is -2.51. The third kappa shape index (κ3) is 2.65. The summed E-state index contributed by atoms with van der Waals surface area (Å²) in [6.45, 7) is 1.71. The topological polar surface area (TPSA) is 99.0 Å². The van der Waals surface area contributed by atoms with Gasteiger partial charge in [-0.05, 0) is 17.7 Å². The average molecular weight is 337 g/mol. The van der Waals surface area contributed by atoms with Crippen molar-refractivity contribution < 1.29 is 4.74 Å². The van der Waals surface area contributed by atoms with Crippen molar-refractivity contribution in [2.75, 3.05) is 30.8 Å². The fraction of sp³-hybridized carbons (Fsp3) is 0.235. The Balaban J connectivity index is 2.01. The van der Waals surface area contributed by atoms with Crippen molar-refractivity contribution in [1.82, 2.24) is 4.98 Å². The molecular weight excluding hydrogens is 322 g/mol. The molecule has 0 unspecified atom stereocenters. The molecule has 0 radical (unpaired) electrons. The molecule has 0 atom stereocenters.